The molecule has 0 aliphatic carbocycles. The molecule has 10 heteroatoms. The van der Waals surface area contributed by atoms with Crippen molar-refractivity contribution in [3.8, 4) is 5.75 Å². The number of alkyl halides is 3. The molecular formula is C14H11F3N4O3. The Kier molecular flexibility index (Phi) is 3.87. The number of carbonyl (C=O) groups is 1. The van der Waals surface area contributed by atoms with Gasteiger partial charge in [-0.15, -0.1) is 5.10 Å². The van der Waals surface area contributed by atoms with Gasteiger partial charge in [0, 0.05) is 17.0 Å². The molecule has 0 aliphatic rings. The van der Waals surface area contributed by atoms with E-state index < -0.39 is 23.9 Å². The fourth-order valence-electron chi connectivity index (χ4n) is 2.11. The van der Waals surface area contributed by atoms with Crippen LogP contribution in [-0.4, -0.2) is 28.2 Å². The summed E-state index contributed by atoms with van der Waals surface area (Å²) in [6, 6.07) is 5.11. The minimum absolute atomic E-state index is 0.102. The average molecular weight is 340 g/mol. The smallest absolute Gasteiger partial charge is 0.451 e. The number of amides is 1. The minimum atomic E-state index is -4.66. The highest BCUT2D eigenvalue weighted by molar-refractivity contribution is 5.94. The van der Waals surface area contributed by atoms with E-state index in [1.165, 1.54) is 13.4 Å². The Hall–Kier alpha value is -3.04. The number of ether oxygens (including phenoxy) is 1. The molecule has 0 atom stereocenters. The van der Waals surface area contributed by atoms with Gasteiger partial charge in [0.2, 0.25) is 17.7 Å². The number of benzene rings is 1. The molecule has 2 N–H and O–H groups in total. The summed E-state index contributed by atoms with van der Waals surface area (Å²) in [5, 5.41) is 7.93. The van der Waals surface area contributed by atoms with Crippen molar-refractivity contribution in [2.75, 3.05) is 12.4 Å². The summed E-state index contributed by atoms with van der Waals surface area (Å²) in [6.07, 6.45) is -3.35. The Labute approximate surface area is 132 Å². The first-order chi connectivity index (χ1) is 11.4. The zero-order valence-corrected chi connectivity index (χ0v) is 12.3. The van der Waals surface area contributed by atoms with Crippen LogP contribution in [0.2, 0.25) is 0 Å². The number of H-pyrrole nitrogens is 1. The predicted octanol–water partition coefficient (Wildman–Crippen LogP) is 2.76. The largest absolute Gasteiger partial charge is 0.497 e. The SMILES string of the molecule is COc1ccc2c(CC(=O)Nc3n[nH]c(C(F)(F)F)n3)coc2c1. The molecule has 2 heterocycles. The van der Waals surface area contributed by atoms with Gasteiger partial charge in [0.15, 0.2) is 0 Å². The lowest BCUT2D eigenvalue weighted by Gasteiger charge is -2.01. The third-order valence-corrected chi connectivity index (χ3v) is 3.22. The molecule has 0 aliphatic heterocycles. The number of nitrogens with zero attached hydrogens (tertiary/aromatic N) is 2. The number of carbonyl (C=O) groups excluding carboxylic acids is 1. The van der Waals surface area contributed by atoms with Crippen LogP contribution in [0.5, 0.6) is 5.75 Å². The molecule has 3 aromatic rings. The van der Waals surface area contributed by atoms with Gasteiger partial charge in [0.05, 0.1) is 19.8 Å². The second-order valence-corrected chi connectivity index (χ2v) is 4.85. The second kappa shape index (κ2) is 5.87. The number of aromatic amines is 1. The number of hydrogen-bond acceptors (Lipinski definition) is 5. The number of fused-ring (bicyclic) bond motifs is 1. The van der Waals surface area contributed by atoms with Gasteiger partial charge in [-0.2, -0.15) is 18.2 Å². The maximum Gasteiger partial charge on any atom is 0.451 e. The van der Waals surface area contributed by atoms with E-state index in [4.69, 9.17) is 9.15 Å². The molecule has 0 saturated carbocycles. The number of aromatic nitrogens is 3. The van der Waals surface area contributed by atoms with Crippen LogP contribution in [0.15, 0.2) is 28.9 Å². The molecule has 126 valence electrons. The maximum absolute atomic E-state index is 12.4. The quantitative estimate of drug-likeness (QED) is 0.762. The molecule has 0 saturated heterocycles. The van der Waals surface area contributed by atoms with Crippen molar-refractivity contribution >= 4 is 22.8 Å². The van der Waals surface area contributed by atoms with Crippen LogP contribution in [0.4, 0.5) is 19.1 Å². The first kappa shape index (κ1) is 15.8. The third-order valence-electron chi connectivity index (χ3n) is 3.22. The molecule has 0 bridgehead atoms. The molecule has 0 fully saturated rings. The lowest BCUT2D eigenvalue weighted by Crippen LogP contribution is -2.15. The number of nitrogens with one attached hydrogen (secondary N) is 2. The standard InChI is InChI=1S/C14H11F3N4O3/c1-23-8-2-3-9-7(6-24-10(9)5-8)4-11(22)18-13-19-12(20-21-13)14(15,16)17/h2-3,5-6H,4H2,1H3,(H2,18,19,20,21,22). The highest BCUT2D eigenvalue weighted by Crippen LogP contribution is 2.27. The van der Waals surface area contributed by atoms with Gasteiger partial charge in [-0.1, -0.05) is 0 Å². The van der Waals surface area contributed by atoms with Crippen LogP contribution >= 0.6 is 0 Å². The van der Waals surface area contributed by atoms with Crippen LogP contribution in [0.1, 0.15) is 11.4 Å². The zero-order chi connectivity index (χ0) is 17.3. The van der Waals surface area contributed by atoms with Crippen molar-refractivity contribution in [2.45, 2.75) is 12.6 Å². The van der Waals surface area contributed by atoms with E-state index in [1.54, 1.807) is 23.3 Å². The van der Waals surface area contributed by atoms with Crippen LogP contribution in [-0.2, 0) is 17.4 Å². The topological polar surface area (TPSA) is 93.0 Å². The summed E-state index contributed by atoms with van der Waals surface area (Å²) in [7, 11) is 1.52. The number of methoxy groups -OCH3 is 1. The van der Waals surface area contributed by atoms with Gasteiger partial charge in [-0.25, -0.2) is 0 Å². The molecule has 3 rings (SSSR count). The Balaban J connectivity index is 1.72. The first-order valence-corrected chi connectivity index (χ1v) is 6.70. The zero-order valence-electron chi connectivity index (χ0n) is 12.3. The average Bonchev–Trinajstić information content (AvgIpc) is 3.14. The highest BCUT2D eigenvalue weighted by Gasteiger charge is 2.35. The van der Waals surface area contributed by atoms with E-state index >= 15 is 0 Å². The lowest BCUT2D eigenvalue weighted by molar-refractivity contribution is -0.144. The van der Waals surface area contributed by atoms with E-state index in [9.17, 15) is 18.0 Å². The van der Waals surface area contributed by atoms with Crippen molar-refractivity contribution < 1.29 is 27.1 Å². The molecule has 1 aromatic carbocycles. The van der Waals surface area contributed by atoms with Gasteiger partial charge < -0.3 is 9.15 Å². The van der Waals surface area contributed by atoms with Crippen LogP contribution < -0.4 is 10.1 Å². The number of halogens is 3. The number of hydrogen-bond donors (Lipinski definition) is 2. The fourth-order valence-corrected chi connectivity index (χ4v) is 2.11. The number of rotatable bonds is 4. The van der Waals surface area contributed by atoms with Gasteiger partial charge in [0.25, 0.3) is 0 Å². The maximum atomic E-state index is 12.4. The van der Waals surface area contributed by atoms with Gasteiger partial charge >= 0.3 is 6.18 Å². The van der Waals surface area contributed by atoms with Gasteiger partial charge in [-0.05, 0) is 12.1 Å². The van der Waals surface area contributed by atoms with E-state index in [-0.39, 0.29) is 6.42 Å². The summed E-state index contributed by atoms with van der Waals surface area (Å²) in [4.78, 5) is 15.1. The van der Waals surface area contributed by atoms with Crippen LogP contribution in [0.3, 0.4) is 0 Å². The van der Waals surface area contributed by atoms with Crippen molar-refractivity contribution in [3.63, 3.8) is 0 Å². The summed E-state index contributed by atoms with van der Waals surface area (Å²) in [5.41, 5.74) is 1.12. The molecule has 1 amide bonds. The fraction of sp³-hybridized carbons (Fsp3) is 0.214. The van der Waals surface area contributed by atoms with E-state index in [2.05, 4.69) is 15.4 Å². The van der Waals surface area contributed by atoms with Crippen molar-refractivity contribution in [1.82, 2.24) is 15.2 Å². The van der Waals surface area contributed by atoms with Crippen LogP contribution in [0.25, 0.3) is 11.0 Å². The van der Waals surface area contributed by atoms with Gasteiger partial charge in [0.1, 0.15) is 11.3 Å². The predicted molar refractivity (Wildman–Crippen MR) is 76.5 cm³/mol. The summed E-state index contributed by atoms with van der Waals surface area (Å²) in [5.74, 6) is -1.69. The normalized spacial score (nSPS) is 11.7. The summed E-state index contributed by atoms with van der Waals surface area (Å²) in [6.45, 7) is 0. The molecule has 0 unspecified atom stereocenters. The van der Waals surface area contributed by atoms with E-state index in [0.29, 0.717) is 22.3 Å². The first-order valence-electron chi connectivity index (χ1n) is 6.70. The Morgan fingerprint density at radius 3 is 2.88 bits per heavy atom. The highest BCUT2D eigenvalue weighted by atomic mass is 19.4. The Bertz CT molecular complexity index is 885. The Morgan fingerprint density at radius 2 is 2.21 bits per heavy atom. The van der Waals surface area contributed by atoms with Crippen molar-refractivity contribution in [1.29, 1.82) is 0 Å². The molecule has 2 aromatic heterocycles. The molecule has 24 heavy (non-hydrogen) atoms. The molecular weight excluding hydrogens is 329 g/mol. The number of furan rings is 1. The summed E-state index contributed by atoms with van der Waals surface area (Å²) >= 11 is 0. The molecule has 0 radical (unpaired) electrons. The minimum Gasteiger partial charge on any atom is -0.497 e. The lowest BCUT2D eigenvalue weighted by atomic mass is 10.1. The molecule has 7 nitrogen and oxygen atoms in total. The van der Waals surface area contributed by atoms with Crippen molar-refractivity contribution in [3.05, 3.63) is 35.9 Å². The van der Waals surface area contributed by atoms with E-state index in [0.717, 1.165) is 0 Å². The van der Waals surface area contributed by atoms with E-state index in [1.807, 2.05) is 0 Å². The molecule has 0 spiro atoms. The van der Waals surface area contributed by atoms with Gasteiger partial charge in [-0.3, -0.25) is 15.2 Å². The summed E-state index contributed by atoms with van der Waals surface area (Å²) < 4.78 is 47.6. The van der Waals surface area contributed by atoms with Crippen LogP contribution in [0, 0.1) is 0 Å². The number of anilines is 1. The third kappa shape index (κ3) is 3.16. The second-order valence-electron chi connectivity index (χ2n) is 4.85. The Morgan fingerprint density at radius 1 is 1.42 bits per heavy atom. The monoisotopic (exact) mass is 340 g/mol. The van der Waals surface area contributed by atoms with Crippen molar-refractivity contribution in [2.24, 2.45) is 0 Å².